The van der Waals surface area contributed by atoms with Crippen molar-refractivity contribution >= 4 is 5.82 Å². The van der Waals surface area contributed by atoms with Gasteiger partial charge in [-0.3, -0.25) is 4.79 Å². The van der Waals surface area contributed by atoms with Crippen LogP contribution in [0.5, 0.6) is 0 Å². The SMILES string of the molecule is CC(C)c1nc(NC(CN(C)C)C(C)C)cc(=O)[nH]1. The van der Waals surface area contributed by atoms with E-state index in [1.54, 1.807) is 0 Å². The molecule has 1 atom stereocenters. The van der Waals surface area contributed by atoms with Crippen LogP contribution in [0, 0.1) is 5.92 Å². The van der Waals surface area contributed by atoms with Crippen molar-refractivity contribution in [3.63, 3.8) is 0 Å². The number of hydrogen-bond donors (Lipinski definition) is 2. The third-order valence-electron chi connectivity index (χ3n) is 3.01. The molecule has 1 heterocycles. The number of nitrogens with zero attached hydrogens (tertiary/aromatic N) is 2. The number of anilines is 1. The average molecular weight is 266 g/mol. The largest absolute Gasteiger partial charge is 0.366 e. The molecule has 0 radical (unpaired) electrons. The molecule has 0 aliphatic rings. The topological polar surface area (TPSA) is 61.0 Å². The minimum absolute atomic E-state index is 0.103. The second-order valence-electron chi connectivity index (χ2n) is 5.93. The Hall–Kier alpha value is -1.36. The summed E-state index contributed by atoms with van der Waals surface area (Å²) in [5.41, 5.74) is -0.103. The molecule has 0 aliphatic heterocycles. The summed E-state index contributed by atoms with van der Waals surface area (Å²) in [5.74, 6) is 2.06. The molecule has 5 nitrogen and oxygen atoms in total. The first-order valence-electron chi connectivity index (χ1n) is 6.82. The summed E-state index contributed by atoms with van der Waals surface area (Å²) in [6.07, 6.45) is 0. The van der Waals surface area contributed by atoms with Crippen LogP contribution in [-0.4, -0.2) is 41.5 Å². The third kappa shape index (κ3) is 5.03. The fraction of sp³-hybridized carbons (Fsp3) is 0.714. The molecule has 0 bridgehead atoms. The highest BCUT2D eigenvalue weighted by molar-refractivity contribution is 5.35. The van der Waals surface area contributed by atoms with E-state index in [-0.39, 0.29) is 17.5 Å². The van der Waals surface area contributed by atoms with E-state index in [2.05, 4.69) is 34.0 Å². The summed E-state index contributed by atoms with van der Waals surface area (Å²) in [7, 11) is 4.09. The summed E-state index contributed by atoms with van der Waals surface area (Å²) < 4.78 is 0. The van der Waals surface area contributed by atoms with Gasteiger partial charge >= 0.3 is 0 Å². The van der Waals surface area contributed by atoms with E-state index in [1.165, 1.54) is 6.07 Å². The Kier molecular flexibility index (Phi) is 5.54. The van der Waals surface area contributed by atoms with Crippen LogP contribution in [0.1, 0.15) is 39.4 Å². The lowest BCUT2D eigenvalue weighted by atomic mass is 10.0. The van der Waals surface area contributed by atoms with Crippen molar-refractivity contribution in [1.82, 2.24) is 14.9 Å². The van der Waals surface area contributed by atoms with Gasteiger partial charge in [-0.25, -0.2) is 4.98 Å². The predicted octanol–water partition coefficient (Wildman–Crippen LogP) is 1.89. The maximum atomic E-state index is 11.6. The number of nitrogens with one attached hydrogen (secondary N) is 2. The van der Waals surface area contributed by atoms with Crippen molar-refractivity contribution in [3.8, 4) is 0 Å². The monoisotopic (exact) mass is 266 g/mol. The molecular weight excluding hydrogens is 240 g/mol. The molecule has 1 aromatic heterocycles. The molecule has 1 unspecified atom stereocenters. The lowest BCUT2D eigenvalue weighted by Crippen LogP contribution is -2.37. The van der Waals surface area contributed by atoms with Crippen LogP contribution in [0.15, 0.2) is 10.9 Å². The molecule has 0 aliphatic carbocycles. The Balaban J connectivity index is 2.93. The van der Waals surface area contributed by atoms with E-state index in [1.807, 2.05) is 27.9 Å². The number of likely N-dealkylation sites (N-methyl/N-ethyl adjacent to an activating group) is 1. The zero-order chi connectivity index (χ0) is 14.6. The predicted molar refractivity (Wildman–Crippen MR) is 79.7 cm³/mol. The van der Waals surface area contributed by atoms with E-state index in [0.29, 0.717) is 11.7 Å². The van der Waals surface area contributed by atoms with Gasteiger partial charge in [0.05, 0.1) is 0 Å². The van der Waals surface area contributed by atoms with Crippen molar-refractivity contribution in [3.05, 3.63) is 22.2 Å². The van der Waals surface area contributed by atoms with E-state index in [9.17, 15) is 4.79 Å². The first kappa shape index (κ1) is 15.7. The Morgan fingerprint density at radius 3 is 2.42 bits per heavy atom. The zero-order valence-corrected chi connectivity index (χ0v) is 12.8. The lowest BCUT2D eigenvalue weighted by Gasteiger charge is -2.26. The minimum atomic E-state index is -0.103. The number of aromatic amines is 1. The second kappa shape index (κ2) is 6.70. The van der Waals surface area contributed by atoms with Gasteiger partial charge in [0.1, 0.15) is 11.6 Å². The van der Waals surface area contributed by atoms with Crippen LogP contribution in [-0.2, 0) is 0 Å². The molecule has 0 fully saturated rings. The summed E-state index contributed by atoms with van der Waals surface area (Å²) >= 11 is 0. The number of H-pyrrole nitrogens is 1. The highest BCUT2D eigenvalue weighted by atomic mass is 16.1. The standard InChI is InChI=1S/C14H26N4O/c1-9(2)11(8-18(5)6)15-12-7-13(19)17-14(16-12)10(3)4/h7,9-11H,8H2,1-6H3,(H2,15,16,17,19). The normalized spacial score (nSPS) is 13.3. The molecule has 1 rings (SSSR count). The van der Waals surface area contributed by atoms with Gasteiger partial charge in [-0.05, 0) is 20.0 Å². The third-order valence-corrected chi connectivity index (χ3v) is 3.01. The Bertz CT molecular complexity index is 451. The van der Waals surface area contributed by atoms with Crippen molar-refractivity contribution in [1.29, 1.82) is 0 Å². The van der Waals surface area contributed by atoms with E-state index < -0.39 is 0 Å². The van der Waals surface area contributed by atoms with Gasteiger partial charge in [-0.15, -0.1) is 0 Å². The van der Waals surface area contributed by atoms with E-state index >= 15 is 0 Å². The first-order valence-corrected chi connectivity index (χ1v) is 6.82. The highest BCUT2D eigenvalue weighted by Gasteiger charge is 2.15. The molecule has 0 amide bonds. The van der Waals surface area contributed by atoms with Gasteiger partial charge in [0.25, 0.3) is 5.56 Å². The molecule has 2 N–H and O–H groups in total. The van der Waals surface area contributed by atoms with Gasteiger partial charge in [-0.1, -0.05) is 27.7 Å². The molecule has 19 heavy (non-hydrogen) atoms. The van der Waals surface area contributed by atoms with E-state index in [4.69, 9.17) is 0 Å². The Morgan fingerprint density at radius 1 is 1.32 bits per heavy atom. The summed E-state index contributed by atoms with van der Waals surface area (Å²) in [6, 6.07) is 1.79. The molecule has 0 saturated heterocycles. The molecule has 0 saturated carbocycles. The minimum Gasteiger partial charge on any atom is -0.366 e. The highest BCUT2D eigenvalue weighted by Crippen LogP contribution is 2.13. The Morgan fingerprint density at radius 2 is 1.95 bits per heavy atom. The molecule has 1 aromatic rings. The molecule has 108 valence electrons. The summed E-state index contributed by atoms with van der Waals surface area (Å²) in [6.45, 7) is 9.27. The van der Waals surface area contributed by atoms with Gasteiger partial charge in [0.2, 0.25) is 0 Å². The summed E-state index contributed by atoms with van der Waals surface area (Å²) in [4.78, 5) is 21.0. The van der Waals surface area contributed by atoms with Crippen molar-refractivity contribution < 1.29 is 0 Å². The van der Waals surface area contributed by atoms with Crippen LogP contribution in [0.25, 0.3) is 0 Å². The first-order chi connectivity index (χ1) is 8.79. The maximum Gasteiger partial charge on any atom is 0.252 e. The number of rotatable bonds is 6. The second-order valence-corrected chi connectivity index (χ2v) is 5.93. The number of aromatic nitrogens is 2. The maximum absolute atomic E-state index is 11.6. The van der Waals surface area contributed by atoms with Crippen molar-refractivity contribution in [2.75, 3.05) is 26.0 Å². The van der Waals surface area contributed by atoms with Gasteiger partial charge < -0.3 is 15.2 Å². The van der Waals surface area contributed by atoms with Crippen molar-refractivity contribution in [2.24, 2.45) is 5.92 Å². The fourth-order valence-corrected chi connectivity index (χ4v) is 1.83. The van der Waals surface area contributed by atoms with Crippen LogP contribution in [0.3, 0.4) is 0 Å². The molecular formula is C14H26N4O. The van der Waals surface area contributed by atoms with Gasteiger partial charge in [0, 0.05) is 24.6 Å². The van der Waals surface area contributed by atoms with Crippen LogP contribution in [0.2, 0.25) is 0 Å². The molecule has 5 heteroatoms. The smallest absolute Gasteiger partial charge is 0.252 e. The van der Waals surface area contributed by atoms with E-state index in [0.717, 1.165) is 12.4 Å². The fourth-order valence-electron chi connectivity index (χ4n) is 1.83. The zero-order valence-electron chi connectivity index (χ0n) is 12.8. The van der Waals surface area contributed by atoms with Crippen LogP contribution >= 0.6 is 0 Å². The summed E-state index contributed by atoms with van der Waals surface area (Å²) in [5, 5.41) is 3.37. The van der Waals surface area contributed by atoms with Gasteiger partial charge in [-0.2, -0.15) is 0 Å². The van der Waals surface area contributed by atoms with Gasteiger partial charge in [0.15, 0.2) is 0 Å². The van der Waals surface area contributed by atoms with Crippen molar-refractivity contribution in [2.45, 2.75) is 39.7 Å². The average Bonchev–Trinajstić information content (AvgIpc) is 2.26. The number of hydrogen-bond acceptors (Lipinski definition) is 4. The van der Waals surface area contributed by atoms with Crippen LogP contribution < -0.4 is 10.9 Å². The molecule has 0 spiro atoms. The molecule has 0 aromatic carbocycles. The van der Waals surface area contributed by atoms with Crippen LogP contribution in [0.4, 0.5) is 5.82 Å². The Labute approximate surface area is 115 Å². The lowest BCUT2D eigenvalue weighted by molar-refractivity contribution is 0.344. The quantitative estimate of drug-likeness (QED) is 0.825.